The van der Waals surface area contributed by atoms with Gasteiger partial charge in [0.15, 0.2) is 10.1 Å². The zero-order valence-electron chi connectivity index (χ0n) is 9.50. The number of alkyl halides is 3. The molecule has 0 heterocycles. The van der Waals surface area contributed by atoms with E-state index in [0.29, 0.717) is 0 Å². The summed E-state index contributed by atoms with van der Waals surface area (Å²) in [6, 6.07) is 10.0. The normalized spacial score (nSPS) is 12.6. The van der Waals surface area contributed by atoms with Crippen LogP contribution in [0.1, 0.15) is 6.42 Å². The first-order valence-corrected chi connectivity index (χ1v) is 6.16. The Balaban J connectivity index is 0. The van der Waals surface area contributed by atoms with E-state index >= 15 is 0 Å². The third-order valence-electron chi connectivity index (χ3n) is 1.49. The average molecular weight is 339 g/mol. The topological polar surface area (TPSA) is 57.2 Å². The summed E-state index contributed by atoms with van der Waals surface area (Å²) in [5.74, 6) is 0. The Morgan fingerprint density at radius 2 is 1.42 bits per heavy atom. The maximum atomic E-state index is 10.7. The van der Waals surface area contributed by atoms with Gasteiger partial charge in [-0.15, -0.1) is 0 Å². The van der Waals surface area contributed by atoms with Gasteiger partial charge in [-0.25, -0.2) is 20.6 Å². The van der Waals surface area contributed by atoms with Crippen molar-refractivity contribution in [3.8, 4) is 0 Å². The van der Waals surface area contributed by atoms with Crippen LogP contribution in [0.25, 0.3) is 0 Å². The molecule has 0 aromatic heterocycles. The Morgan fingerprint density at radius 3 is 1.53 bits per heavy atom. The first-order valence-electron chi connectivity index (χ1n) is 4.75. The molecule has 1 aromatic carbocycles. The van der Waals surface area contributed by atoms with Crippen LogP contribution in [0.15, 0.2) is 54.6 Å². The Hall–Kier alpha value is -0.964. The predicted octanol–water partition coefficient (Wildman–Crippen LogP) is 2.96. The fourth-order valence-corrected chi connectivity index (χ4v) is 0.714. The van der Waals surface area contributed by atoms with E-state index in [4.69, 9.17) is 13.0 Å². The van der Waals surface area contributed by atoms with E-state index in [0.717, 1.165) is 6.42 Å². The largest absolute Gasteiger partial charge is 2.00 e. The average Bonchev–Trinajstić information content (AvgIpc) is 2.95. The molecule has 3 nitrogen and oxygen atoms in total. The second-order valence-electron chi connectivity index (χ2n) is 2.95. The number of halogens is 3. The molecule has 1 aromatic rings. The summed E-state index contributed by atoms with van der Waals surface area (Å²) < 4.78 is 58.9. The molecule has 0 atom stereocenters. The van der Waals surface area contributed by atoms with Crippen molar-refractivity contribution in [3.05, 3.63) is 54.6 Å². The molecule has 1 radical (unpaired) electrons. The van der Waals surface area contributed by atoms with E-state index in [-0.39, 0.29) is 16.8 Å². The third-order valence-corrected chi connectivity index (χ3v) is 2.06. The van der Waals surface area contributed by atoms with Gasteiger partial charge in [0, 0.05) is 0 Å². The van der Waals surface area contributed by atoms with Gasteiger partial charge in [0.1, 0.15) is 0 Å². The van der Waals surface area contributed by atoms with E-state index in [2.05, 4.69) is 24.3 Å². The summed E-state index contributed by atoms with van der Waals surface area (Å²) in [4.78, 5) is 0. The Labute approximate surface area is 120 Å². The second-order valence-corrected chi connectivity index (χ2v) is 4.33. The minimum Gasteiger partial charge on any atom is -0.741 e. The van der Waals surface area contributed by atoms with E-state index < -0.39 is 15.6 Å². The van der Waals surface area contributed by atoms with Crippen LogP contribution >= 0.6 is 0 Å². The molecule has 2 rings (SSSR count). The molecule has 109 valence electrons. The van der Waals surface area contributed by atoms with Gasteiger partial charge in [0.05, 0.1) is 0 Å². The fourth-order valence-electron chi connectivity index (χ4n) is 0.714. The molecule has 1 aliphatic carbocycles. The van der Waals surface area contributed by atoms with Gasteiger partial charge < -0.3 is 4.55 Å². The van der Waals surface area contributed by atoms with Crippen LogP contribution in [0.3, 0.4) is 0 Å². The van der Waals surface area contributed by atoms with Gasteiger partial charge in [-0.1, -0.05) is 24.3 Å². The van der Waals surface area contributed by atoms with Crippen molar-refractivity contribution in [2.75, 3.05) is 0 Å². The Kier molecular flexibility index (Phi) is 10.6. The number of hydrogen-bond donors (Lipinski definition) is 0. The maximum absolute atomic E-state index is 10.7. The molecule has 0 saturated heterocycles. The first-order chi connectivity index (χ1) is 8.25. The van der Waals surface area contributed by atoms with Gasteiger partial charge in [0.2, 0.25) is 0 Å². The smallest absolute Gasteiger partial charge is 0.741 e. The summed E-state index contributed by atoms with van der Waals surface area (Å²) in [5, 5.41) is 0. The van der Waals surface area contributed by atoms with Crippen molar-refractivity contribution < 1.29 is 42.9 Å². The third kappa shape index (κ3) is 11.8. The second kappa shape index (κ2) is 9.90. The summed E-state index contributed by atoms with van der Waals surface area (Å²) in [6.07, 6.45) is 9.50. The minimum absolute atomic E-state index is 0. The summed E-state index contributed by atoms with van der Waals surface area (Å²) in [6.45, 7) is 0. The fraction of sp³-hybridized carbons (Fsp3) is 0.182. The van der Waals surface area contributed by atoms with Gasteiger partial charge in [-0.05, 0) is 6.42 Å². The van der Waals surface area contributed by atoms with Crippen molar-refractivity contribution in [1.82, 2.24) is 0 Å². The van der Waals surface area contributed by atoms with Crippen molar-refractivity contribution >= 4 is 10.1 Å². The molecule has 0 aliphatic heterocycles. The van der Waals surface area contributed by atoms with Crippen LogP contribution in [0.5, 0.6) is 0 Å². The van der Waals surface area contributed by atoms with Crippen molar-refractivity contribution in [1.29, 1.82) is 0 Å². The molecule has 0 saturated carbocycles. The Bertz CT molecular complexity index is 435. The molecule has 0 bridgehead atoms. The monoisotopic (exact) mass is 339 g/mol. The van der Waals surface area contributed by atoms with Crippen LogP contribution in [0.4, 0.5) is 13.2 Å². The number of rotatable bonds is 0. The Morgan fingerprint density at radius 1 is 1.05 bits per heavy atom. The van der Waals surface area contributed by atoms with Gasteiger partial charge in [-0.2, -0.15) is 31.4 Å². The van der Waals surface area contributed by atoms with Crippen LogP contribution in [0.2, 0.25) is 0 Å². The molecule has 8 heteroatoms. The maximum Gasteiger partial charge on any atom is 2.00 e. The van der Waals surface area contributed by atoms with Crippen LogP contribution < -0.4 is 0 Å². The van der Waals surface area contributed by atoms with Crippen LogP contribution in [-0.4, -0.2) is 18.5 Å². The van der Waals surface area contributed by atoms with E-state index in [1.807, 2.05) is 30.3 Å². The SMILES string of the molecule is C1=CCC=C1.O=S(=O)([O-])C(F)(F)F.[Co+2].c1cc[cH-]c1. The summed E-state index contributed by atoms with van der Waals surface area (Å²) in [7, 11) is -6.09. The molecule has 0 spiro atoms. The van der Waals surface area contributed by atoms with Gasteiger partial charge in [0.25, 0.3) is 0 Å². The minimum atomic E-state index is -6.09. The summed E-state index contributed by atoms with van der Waals surface area (Å²) in [5.41, 5.74) is -5.65. The van der Waals surface area contributed by atoms with Crippen LogP contribution in [-0.2, 0) is 26.9 Å². The summed E-state index contributed by atoms with van der Waals surface area (Å²) >= 11 is 0. The first kappa shape index (κ1) is 20.4. The van der Waals surface area contributed by atoms with Crippen molar-refractivity contribution in [2.24, 2.45) is 0 Å². The number of hydrogen-bond acceptors (Lipinski definition) is 3. The van der Waals surface area contributed by atoms with E-state index in [1.165, 1.54) is 0 Å². The van der Waals surface area contributed by atoms with Gasteiger partial charge in [-0.3, -0.25) is 0 Å². The van der Waals surface area contributed by atoms with E-state index in [9.17, 15) is 13.2 Å². The zero-order chi connectivity index (χ0) is 14.1. The van der Waals surface area contributed by atoms with E-state index in [1.54, 1.807) is 0 Å². The molecular formula is C11H11CoF3O3S. The number of allylic oxidation sites excluding steroid dienone is 4. The zero-order valence-corrected chi connectivity index (χ0v) is 11.4. The molecule has 0 unspecified atom stereocenters. The molecule has 19 heavy (non-hydrogen) atoms. The molecule has 0 amide bonds. The van der Waals surface area contributed by atoms with Crippen LogP contribution in [0, 0.1) is 0 Å². The van der Waals surface area contributed by atoms with Crippen molar-refractivity contribution in [2.45, 2.75) is 11.9 Å². The van der Waals surface area contributed by atoms with Gasteiger partial charge >= 0.3 is 22.3 Å². The van der Waals surface area contributed by atoms with Crippen molar-refractivity contribution in [3.63, 3.8) is 0 Å². The molecule has 1 aliphatic rings. The molecular weight excluding hydrogens is 328 g/mol. The molecule has 0 N–H and O–H groups in total. The standard InChI is InChI=1S/C5H6.C5H5.CHF3O3S.Co/c2*1-2-4-5-3-1;2-1(3,4)8(5,6)7;/h1-4H,5H2;1-5H;(H,5,6,7);/q;-1;;+2/p-1. The quantitative estimate of drug-likeness (QED) is 0.415. The predicted molar refractivity (Wildman–Crippen MR) is 60.7 cm³/mol. The molecule has 0 fully saturated rings.